The number of hydrogen-bond acceptors (Lipinski definition) is 7. The van der Waals surface area contributed by atoms with Crippen molar-refractivity contribution in [1.29, 1.82) is 0 Å². The number of imidazole rings is 1. The summed E-state index contributed by atoms with van der Waals surface area (Å²) >= 11 is 0. The van der Waals surface area contributed by atoms with E-state index < -0.39 is 0 Å². The molecule has 1 aliphatic heterocycles. The van der Waals surface area contributed by atoms with Crippen LogP contribution >= 0.6 is 0 Å². The Morgan fingerprint density at radius 3 is 2.75 bits per heavy atom. The molecule has 4 aromatic heterocycles. The van der Waals surface area contributed by atoms with Gasteiger partial charge in [-0.05, 0) is 61.8 Å². The van der Waals surface area contributed by atoms with E-state index in [1.54, 1.807) is 18.6 Å². The minimum atomic E-state index is -0.351. The van der Waals surface area contributed by atoms with Crippen LogP contribution in [0.3, 0.4) is 0 Å². The summed E-state index contributed by atoms with van der Waals surface area (Å²) < 4.78 is 20.6. The fraction of sp³-hybridized carbons (Fsp3) is 0.200. The van der Waals surface area contributed by atoms with Crippen molar-refractivity contribution in [2.24, 2.45) is 0 Å². The fourth-order valence-corrected chi connectivity index (χ4v) is 5.33. The highest BCUT2D eigenvalue weighted by molar-refractivity contribution is 5.98. The Labute approximate surface area is 229 Å². The largest absolute Gasteiger partial charge is 0.492 e. The number of pyridine rings is 2. The van der Waals surface area contributed by atoms with Crippen LogP contribution in [0.5, 0.6) is 5.75 Å². The first-order valence-corrected chi connectivity index (χ1v) is 13.3. The molecule has 5 heterocycles. The number of rotatable bonds is 7. The van der Waals surface area contributed by atoms with Gasteiger partial charge in [-0.3, -0.25) is 20.0 Å². The van der Waals surface area contributed by atoms with Crippen LogP contribution in [-0.4, -0.2) is 61.3 Å². The van der Waals surface area contributed by atoms with Gasteiger partial charge in [0.1, 0.15) is 23.9 Å². The minimum absolute atomic E-state index is 0.351. The zero-order valence-electron chi connectivity index (χ0n) is 21.7. The summed E-state index contributed by atoms with van der Waals surface area (Å²) in [5.41, 5.74) is 12.5. The Balaban J connectivity index is 1.23. The molecule has 2 aromatic carbocycles. The lowest BCUT2D eigenvalue weighted by Crippen LogP contribution is -2.25. The average molecular weight is 535 g/mol. The van der Waals surface area contributed by atoms with Crippen molar-refractivity contribution in [1.82, 2.24) is 35.0 Å². The SMILES string of the molecule is Nc1cncc(-c2cc3c(-c4nc5c(-c6cc(F)cc(OCCN7CCCC7)c6)cccc5[nH]4)n[nH]c3cn2)c1. The molecule has 4 N–H and O–H groups in total. The van der Waals surface area contributed by atoms with E-state index in [1.165, 1.54) is 25.0 Å². The highest BCUT2D eigenvalue weighted by Crippen LogP contribution is 2.34. The van der Waals surface area contributed by atoms with Crippen LogP contribution in [0.15, 0.2) is 67.1 Å². The van der Waals surface area contributed by atoms with Crippen molar-refractivity contribution in [3.8, 4) is 39.7 Å². The van der Waals surface area contributed by atoms with E-state index in [4.69, 9.17) is 15.5 Å². The zero-order valence-corrected chi connectivity index (χ0v) is 21.7. The number of nitrogen functional groups attached to an aromatic ring is 1. The molecule has 0 spiro atoms. The number of fused-ring (bicyclic) bond motifs is 2. The smallest absolute Gasteiger partial charge is 0.159 e. The molecule has 0 amide bonds. The van der Waals surface area contributed by atoms with Crippen LogP contribution in [-0.2, 0) is 0 Å². The number of para-hydroxylation sites is 1. The van der Waals surface area contributed by atoms with Gasteiger partial charge in [-0.25, -0.2) is 9.37 Å². The highest BCUT2D eigenvalue weighted by Gasteiger charge is 2.17. The molecule has 0 unspecified atom stereocenters. The lowest BCUT2D eigenvalue weighted by molar-refractivity contribution is 0.237. The van der Waals surface area contributed by atoms with Gasteiger partial charge in [-0.2, -0.15) is 5.10 Å². The quantitative estimate of drug-likeness (QED) is 0.250. The maximum absolute atomic E-state index is 14.7. The number of aromatic amines is 2. The van der Waals surface area contributed by atoms with Crippen LogP contribution in [0.25, 0.3) is 55.8 Å². The number of benzene rings is 2. The molecule has 0 aliphatic carbocycles. The number of nitrogens with two attached hydrogens (primary N) is 1. The van der Waals surface area contributed by atoms with Crippen LogP contribution in [0.2, 0.25) is 0 Å². The third-order valence-electron chi connectivity index (χ3n) is 7.30. The molecule has 40 heavy (non-hydrogen) atoms. The maximum atomic E-state index is 14.7. The number of likely N-dealkylation sites (tertiary alicyclic amines) is 1. The molecule has 9 nitrogen and oxygen atoms in total. The van der Waals surface area contributed by atoms with E-state index in [1.807, 2.05) is 36.4 Å². The summed E-state index contributed by atoms with van der Waals surface area (Å²) in [6, 6.07) is 14.4. The molecule has 1 fully saturated rings. The molecular weight excluding hydrogens is 507 g/mol. The third-order valence-corrected chi connectivity index (χ3v) is 7.30. The van der Waals surface area contributed by atoms with Gasteiger partial charge < -0.3 is 15.5 Å². The number of ether oxygens (including phenoxy) is 1. The Hall–Kier alpha value is -4.83. The molecule has 7 rings (SSSR count). The van der Waals surface area contributed by atoms with Crippen LogP contribution in [0, 0.1) is 5.82 Å². The van der Waals surface area contributed by atoms with Crippen LogP contribution in [0.1, 0.15) is 12.8 Å². The van der Waals surface area contributed by atoms with E-state index >= 15 is 0 Å². The Bertz CT molecular complexity index is 1840. The van der Waals surface area contributed by atoms with Gasteiger partial charge in [0, 0.05) is 41.5 Å². The molecule has 6 aromatic rings. The Morgan fingerprint density at radius 1 is 0.975 bits per heavy atom. The predicted molar refractivity (Wildman–Crippen MR) is 153 cm³/mol. The van der Waals surface area contributed by atoms with Crippen LogP contribution in [0.4, 0.5) is 10.1 Å². The van der Waals surface area contributed by atoms with Crippen molar-refractivity contribution < 1.29 is 9.13 Å². The molecule has 0 atom stereocenters. The van der Waals surface area contributed by atoms with E-state index in [0.717, 1.165) is 58.4 Å². The molecule has 0 radical (unpaired) electrons. The minimum Gasteiger partial charge on any atom is -0.492 e. The first kappa shape index (κ1) is 24.2. The van der Waals surface area contributed by atoms with Crippen molar-refractivity contribution in [2.45, 2.75) is 12.8 Å². The molecule has 1 saturated heterocycles. The van der Waals surface area contributed by atoms with E-state index in [0.29, 0.717) is 35.1 Å². The number of nitrogens with one attached hydrogen (secondary N) is 2. The summed E-state index contributed by atoms with van der Waals surface area (Å²) in [4.78, 5) is 19.4. The molecule has 0 bridgehead atoms. The lowest BCUT2D eigenvalue weighted by Gasteiger charge is -2.15. The number of nitrogens with zero attached hydrogens (tertiary/aromatic N) is 5. The van der Waals surface area contributed by atoms with E-state index in [2.05, 4.69) is 30.0 Å². The van der Waals surface area contributed by atoms with Crippen molar-refractivity contribution in [3.05, 3.63) is 72.9 Å². The second-order valence-corrected chi connectivity index (χ2v) is 10.1. The second-order valence-electron chi connectivity index (χ2n) is 10.1. The molecule has 200 valence electrons. The van der Waals surface area contributed by atoms with Gasteiger partial charge >= 0.3 is 0 Å². The normalized spacial score (nSPS) is 13.9. The molecule has 1 aliphatic rings. The Morgan fingerprint density at radius 2 is 1.88 bits per heavy atom. The monoisotopic (exact) mass is 534 g/mol. The summed E-state index contributed by atoms with van der Waals surface area (Å²) in [5.74, 6) is 0.752. The highest BCUT2D eigenvalue weighted by atomic mass is 19.1. The Kier molecular flexibility index (Phi) is 6.09. The number of H-pyrrole nitrogens is 2. The lowest BCUT2D eigenvalue weighted by atomic mass is 10.0. The first-order chi connectivity index (χ1) is 19.6. The number of aromatic nitrogens is 6. The van der Waals surface area contributed by atoms with Gasteiger partial charge in [0.15, 0.2) is 5.82 Å². The van der Waals surface area contributed by atoms with Crippen molar-refractivity contribution in [3.63, 3.8) is 0 Å². The fourth-order valence-electron chi connectivity index (χ4n) is 5.33. The average Bonchev–Trinajstić information content (AvgIpc) is 3.72. The summed E-state index contributed by atoms with van der Waals surface area (Å²) in [7, 11) is 0. The van der Waals surface area contributed by atoms with Gasteiger partial charge in [0.2, 0.25) is 0 Å². The van der Waals surface area contributed by atoms with E-state index in [9.17, 15) is 4.39 Å². The zero-order chi connectivity index (χ0) is 27.1. The van der Waals surface area contributed by atoms with Gasteiger partial charge in [-0.1, -0.05) is 12.1 Å². The summed E-state index contributed by atoms with van der Waals surface area (Å²) in [6.45, 7) is 3.56. The van der Waals surface area contributed by atoms with Crippen LogP contribution < -0.4 is 10.5 Å². The molecular formula is C30H27FN8O. The number of hydrogen-bond donors (Lipinski definition) is 3. The summed E-state index contributed by atoms with van der Waals surface area (Å²) in [5, 5.41) is 8.42. The standard InChI is InChI=1S/C30H27FN8O/c31-20-10-18(12-22(13-20)40-9-8-39-6-1-2-7-39)23-4-3-5-25-28(23)36-30(35-25)29-24-14-26(34-17-27(24)37-38-29)19-11-21(32)16-33-15-19/h3-5,10-17H,1-2,6-9,32H2,(H,35,36)(H,37,38). The van der Waals surface area contributed by atoms with Crippen molar-refractivity contribution in [2.75, 3.05) is 32.0 Å². The van der Waals surface area contributed by atoms with Gasteiger partial charge in [0.05, 0.1) is 34.1 Å². The summed E-state index contributed by atoms with van der Waals surface area (Å²) in [6.07, 6.45) is 7.51. The molecule has 10 heteroatoms. The predicted octanol–water partition coefficient (Wildman–Crippen LogP) is 5.43. The maximum Gasteiger partial charge on any atom is 0.159 e. The molecule has 0 saturated carbocycles. The first-order valence-electron chi connectivity index (χ1n) is 13.3. The van der Waals surface area contributed by atoms with Crippen molar-refractivity contribution >= 4 is 27.6 Å². The topological polar surface area (TPSA) is 122 Å². The number of anilines is 1. The second kappa shape index (κ2) is 10.0. The van der Waals surface area contributed by atoms with Gasteiger partial charge in [-0.15, -0.1) is 0 Å². The number of halogens is 1. The third kappa shape index (κ3) is 4.62. The van der Waals surface area contributed by atoms with E-state index in [-0.39, 0.29) is 5.82 Å². The van der Waals surface area contributed by atoms with Gasteiger partial charge in [0.25, 0.3) is 0 Å².